The maximum atomic E-state index is 12.3. The molecule has 0 aliphatic carbocycles. The minimum Gasteiger partial charge on any atom is -0.389 e. The number of nitrogens with two attached hydrogens (primary N) is 1. The van der Waals surface area contributed by atoms with Gasteiger partial charge in [0.05, 0.1) is 10.6 Å². The van der Waals surface area contributed by atoms with Gasteiger partial charge in [-0.05, 0) is 25.5 Å². The topological polar surface area (TPSA) is 106 Å². The molecule has 0 aliphatic rings. The van der Waals surface area contributed by atoms with E-state index in [-0.39, 0.29) is 15.6 Å². The van der Waals surface area contributed by atoms with Crippen LogP contribution in [-0.2, 0) is 19.9 Å². The van der Waals surface area contributed by atoms with Gasteiger partial charge < -0.3 is 5.73 Å². The Bertz CT molecular complexity index is 755. The first-order valence-electron chi connectivity index (χ1n) is 6.03. The maximum absolute atomic E-state index is 12.3. The van der Waals surface area contributed by atoms with E-state index in [0.29, 0.717) is 11.1 Å². The largest absolute Gasteiger partial charge is 0.389 e. The molecule has 0 aliphatic heterocycles. The number of sulfonamides is 1. The zero-order chi connectivity index (χ0) is 16.4. The van der Waals surface area contributed by atoms with E-state index in [4.69, 9.17) is 18.0 Å². The predicted octanol–water partition coefficient (Wildman–Crippen LogP) is 0.341. The van der Waals surface area contributed by atoms with Crippen LogP contribution in [0.25, 0.3) is 0 Å². The van der Waals surface area contributed by atoms with E-state index in [9.17, 15) is 16.8 Å². The van der Waals surface area contributed by atoms with E-state index in [2.05, 4.69) is 4.72 Å². The maximum Gasteiger partial charge on any atom is 0.241 e. The molecule has 1 unspecified atom stereocenters. The summed E-state index contributed by atoms with van der Waals surface area (Å²) >= 11 is 4.83. The minimum absolute atomic E-state index is 0.0353. The third kappa shape index (κ3) is 5.34. The van der Waals surface area contributed by atoms with Crippen LogP contribution < -0.4 is 10.5 Å². The fourth-order valence-electron chi connectivity index (χ4n) is 1.86. The highest BCUT2D eigenvalue weighted by atomic mass is 32.2. The van der Waals surface area contributed by atoms with Crippen molar-refractivity contribution >= 4 is 37.1 Å². The SMILES string of the molecule is Cc1ccc(C(N)=S)cc1S(=O)(=O)NC(C)CS(C)(=O)=O. The Morgan fingerprint density at radius 3 is 2.38 bits per heavy atom. The van der Waals surface area contributed by atoms with Crippen LogP contribution in [0.1, 0.15) is 18.1 Å². The van der Waals surface area contributed by atoms with E-state index in [1.807, 2.05) is 0 Å². The summed E-state index contributed by atoms with van der Waals surface area (Å²) in [6.45, 7) is 3.13. The van der Waals surface area contributed by atoms with Crippen LogP contribution in [0.3, 0.4) is 0 Å². The van der Waals surface area contributed by atoms with Gasteiger partial charge in [-0.3, -0.25) is 0 Å². The average molecular weight is 350 g/mol. The number of sulfone groups is 1. The Hall–Kier alpha value is -1.03. The van der Waals surface area contributed by atoms with E-state index in [1.54, 1.807) is 19.1 Å². The quantitative estimate of drug-likeness (QED) is 0.717. The Balaban J connectivity index is 3.14. The molecule has 118 valence electrons. The number of thiocarbonyl (C=S) groups is 1. The van der Waals surface area contributed by atoms with Crippen molar-refractivity contribution in [2.24, 2.45) is 5.73 Å². The smallest absolute Gasteiger partial charge is 0.241 e. The van der Waals surface area contributed by atoms with Crippen LogP contribution >= 0.6 is 12.2 Å². The molecule has 0 aromatic heterocycles. The summed E-state index contributed by atoms with van der Waals surface area (Å²) in [5.41, 5.74) is 6.46. The predicted molar refractivity (Wildman–Crippen MR) is 86.6 cm³/mol. The number of hydrogen-bond acceptors (Lipinski definition) is 5. The van der Waals surface area contributed by atoms with Gasteiger partial charge in [-0.1, -0.05) is 24.4 Å². The number of nitrogens with one attached hydrogen (secondary N) is 1. The standard InChI is InChI=1S/C12H18N2O4S3/c1-8-4-5-10(12(13)19)6-11(8)21(17,18)14-9(2)7-20(3,15)16/h4-6,9,14H,7H2,1-3H3,(H2,13,19). The second-order valence-electron chi connectivity index (χ2n) is 4.96. The molecule has 0 heterocycles. The van der Waals surface area contributed by atoms with Crippen molar-refractivity contribution in [1.29, 1.82) is 0 Å². The molecule has 21 heavy (non-hydrogen) atoms. The van der Waals surface area contributed by atoms with Crippen LogP contribution in [0.2, 0.25) is 0 Å². The molecule has 0 saturated carbocycles. The van der Waals surface area contributed by atoms with Crippen molar-refractivity contribution < 1.29 is 16.8 Å². The molecule has 0 saturated heterocycles. The van der Waals surface area contributed by atoms with E-state index >= 15 is 0 Å². The Morgan fingerprint density at radius 1 is 1.33 bits per heavy atom. The van der Waals surface area contributed by atoms with Gasteiger partial charge in [0.2, 0.25) is 10.0 Å². The van der Waals surface area contributed by atoms with Gasteiger partial charge in [-0.15, -0.1) is 0 Å². The summed E-state index contributed by atoms with van der Waals surface area (Å²) in [4.78, 5) is 0.129. The zero-order valence-electron chi connectivity index (χ0n) is 12.0. The molecule has 1 aromatic rings. The summed E-state index contributed by atoms with van der Waals surface area (Å²) in [5.74, 6) is -0.278. The molecule has 0 spiro atoms. The second-order valence-corrected chi connectivity index (χ2v) is 9.27. The lowest BCUT2D eigenvalue weighted by Gasteiger charge is -2.15. The first-order chi connectivity index (χ1) is 9.42. The highest BCUT2D eigenvalue weighted by Crippen LogP contribution is 2.17. The molecule has 1 aromatic carbocycles. The highest BCUT2D eigenvalue weighted by Gasteiger charge is 2.22. The van der Waals surface area contributed by atoms with E-state index in [1.165, 1.54) is 13.0 Å². The van der Waals surface area contributed by atoms with Crippen LogP contribution in [0.15, 0.2) is 23.1 Å². The van der Waals surface area contributed by atoms with Gasteiger partial charge in [-0.25, -0.2) is 21.6 Å². The van der Waals surface area contributed by atoms with Gasteiger partial charge in [0.15, 0.2) is 0 Å². The Kier molecular flexibility index (Phi) is 5.48. The van der Waals surface area contributed by atoms with Gasteiger partial charge in [0, 0.05) is 17.9 Å². The van der Waals surface area contributed by atoms with Crippen molar-refractivity contribution in [2.45, 2.75) is 24.8 Å². The Morgan fingerprint density at radius 2 is 1.90 bits per heavy atom. The minimum atomic E-state index is -3.85. The van der Waals surface area contributed by atoms with Crippen molar-refractivity contribution in [3.8, 4) is 0 Å². The number of rotatable bonds is 6. The van der Waals surface area contributed by atoms with Crippen molar-refractivity contribution in [3.05, 3.63) is 29.3 Å². The molecule has 9 heteroatoms. The summed E-state index contributed by atoms with van der Waals surface area (Å²) in [6, 6.07) is 3.88. The van der Waals surface area contributed by atoms with E-state index in [0.717, 1.165) is 6.26 Å². The van der Waals surface area contributed by atoms with Crippen LogP contribution in [0.4, 0.5) is 0 Å². The van der Waals surface area contributed by atoms with Gasteiger partial charge in [-0.2, -0.15) is 0 Å². The molecule has 0 fully saturated rings. The first-order valence-corrected chi connectivity index (χ1v) is 9.98. The summed E-state index contributed by atoms with van der Waals surface area (Å²) in [5, 5.41) is 0. The van der Waals surface area contributed by atoms with Crippen LogP contribution in [-0.4, -0.2) is 39.9 Å². The molecule has 0 radical (unpaired) electrons. The van der Waals surface area contributed by atoms with Crippen molar-refractivity contribution in [2.75, 3.05) is 12.0 Å². The molecule has 1 atom stereocenters. The Labute approximate surface area is 130 Å². The normalized spacial score (nSPS) is 13.9. The molecule has 0 bridgehead atoms. The monoisotopic (exact) mass is 350 g/mol. The highest BCUT2D eigenvalue weighted by molar-refractivity contribution is 7.91. The van der Waals surface area contributed by atoms with Crippen molar-refractivity contribution in [1.82, 2.24) is 4.72 Å². The third-order valence-electron chi connectivity index (χ3n) is 2.67. The summed E-state index contributed by atoms with van der Waals surface area (Å²) < 4.78 is 49.4. The van der Waals surface area contributed by atoms with E-state index < -0.39 is 25.9 Å². The number of benzene rings is 1. The molecular formula is C12H18N2O4S3. The third-order valence-corrected chi connectivity index (χ3v) is 5.74. The van der Waals surface area contributed by atoms with Gasteiger partial charge in [0.1, 0.15) is 14.8 Å². The first kappa shape index (κ1) is 18.0. The molecule has 6 nitrogen and oxygen atoms in total. The molecule has 0 amide bonds. The zero-order valence-corrected chi connectivity index (χ0v) is 14.4. The summed E-state index contributed by atoms with van der Waals surface area (Å²) in [6.07, 6.45) is 1.05. The fourth-order valence-corrected chi connectivity index (χ4v) is 4.60. The van der Waals surface area contributed by atoms with Crippen LogP contribution in [0.5, 0.6) is 0 Å². The number of aryl methyl sites for hydroxylation is 1. The molecular weight excluding hydrogens is 332 g/mol. The fraction of sp³-hybridized carbons (Fsp3) is 0.417. The number of hydrogen-bond donors (Lipinski definition) is 2. The average Bonchev–Trinajstić information content (AvgIpc) is 2.24. The molecule has 3 N–H and O–H groups in total. The second kappa shape index (κ2) is 6.39. The molecule has 1 rings (SSSR count). The van der Waals surface area contributed by atoms with Crippen molar-refractivity contribution in [3.63, 3.8) is 0 Å². The van der Waals surface area contributed by atoms with Crippen LogP contribution in [0, 0.1) is 6.92 Å². The lowest BCUT2D eigenvalue weighted by Crippen LogP contribution is -2.37. The lowest BCUT2D eigenvalue weighted by atomic mass is 10.1. The lowest BCUT2D eigenvalue weighted by molar-refractivity contribution is 0.564. The van der Waals surface area contributed by atoms with Gasteiger partial charge in [0.25, 0.3) is 0 Å². The summed E-state index contributed by atoms with van der Waals surface area (Å²) in [7, 11) is -7.13. The van der Waals surface area contributed by atoms with Gasteiger partial charge >= 0.3 is 0 Å².